The van der Waals surface area contributed by atoms with E-state index in [1.807, 2.05) is 18.2 Å². The van der Waals surface area contributed by atoms with Crippen LogP contribution in [0.3, 0.4) is 0 Å². The van der Waals surface area contributed by atoms with E-state index in [-0.39, 0.29) is 0 Å². The van der Waals surface area contributed by atoms with Crippen molar-refractivity contribution in [3.63, 3.8) is 0 Å². The Hall–Kier alpha value is -0.810. The minimum absolute atomic E-state index is 0.430. The fourth-order valence-electron chi connectivity index (χ4n) is 1.43. The third-order valence-electron chi connectivity index (χ3n) is 2.38. The summed E-state index contributed by atoms with van der Waals surface area (Å²) in [5.41, 5.74) is 0. The minimum Gasteiger partial charge on any atom is -0.389 e. The number of unbranched alkanes of at least 4 members (excludes halogenated alkanes) is 5. The van der Waals surface area contributed by atoms with Gasteiger partial charge in [-0.05, 0) is 19.3 Å². The second-order valence-corrected chi connectivity index (χ2v) is 3.90. The van der Waals surface area contributed by atoms with Gasteiger partial charge in [-0.1, -0.05) is 44.8 Å². The lowest BCUT2D eigenvalue weighted by atomic mass is 10.1. The molecule has 2 nitrogen and oxygen atoms in total. The van der Waals surface area contributed by atoms with Crippen LogP contribution in [-0.2, 0) is 0 Å². The molecule has 0 aliphatic heterocycles. The van der Waals surface area contributed by atoms with Crippen LogP contribution in [0.15, 0.2) is 12.2 Å². The lowest BCUT2D eigenvalue weighted by molar-refractivity contribution is 0.214. The summed E-state index contributed by atoms with van der Waals surface area (Å²) in [7, 11) is 0. The molecular weight excluding hydrogens is 186 g/mol. The Morgan fingerprint density at radius 2 is 2.00 bits per heavy atom. The number of aliphatic hydroxyl groups is 1. The van der Waals surface area contributed by atoms with E-state index in [1.54, 1.807) is 0 Å². The van der Waals surface area contributed by atoms with Crippen molar-refractivity contribution in [2.24, 2.45) is 0 Å². The Morgan fingerprint density at radius 3 is 2.67 bits per heavy atom. The summed E-state index contributed by atoms with van der Waals surface area (Å²) in [4.78, 5) is 0. The third kappa shape index (κ3) is 11.1. The molecule has 15 heavy (non-hydrogen) atoms. The van der Waals surface area contributed by atoms with Gasteiger partial charge in [0.1, 0.15) is 0 Å². The highest BCUT2D eigenvalue weighted by atomic mass is 16.3. The SMILES string of the molecule is CCCCCCCC=CC(O)CCC#N. The van der Waals surface area contributed by atoms with Crippen molar-refractivity contribution < 1.29 is 5.11 Å². The van der Waals surface area contributed by atoms with Gasteiger partial charge in [-0.15, -0.1) is 0 Å². The topological polar surface area (TPSA) is 44.0 Å². The second kappa shape index (κ2) is 11.3. The van der Waals surface area contributed by atoms with Crippen LogP contribution in [0.5, 0.6) is 0 Å². The van der Waals surface area contributed by atoms with E-state index in [1.165, 1.54) is 32.1 Å². The first-order valence-electron chi connectivity index (χ1n) is 6.03. The molecule has 0 aromatic carbocycles. The van der Waals surface area contributed by atoms with E-state index in [0.29, 0.717) is 12.8 Å². The van der Waals surface area contributed by atoms with Crippen LogP contribution in [0.25, 0.3) is 0 Å². The first-order valence-corrected chi connectivity index (χ1v) is 6.03. The van der Waals surface area contributed by atoms with Crippen molar-refractivity contribution in [2.45, 2.75) is 64.4 Å². The molecule has 1 N–H and O–H groups in total. The zero-order valence-electron chi connectivity index (χ0n) is 9.78. The van der Waals surface area contributed by atoms with Gasteiger partial charge in [0.25, 0.3) is 0 Å². The molecule has 0 aromatic heterocycles. The molecule has 2 heteroatoms. The van der Waals surface area contributed by atoms with Crippen LogP contribution < -0.4 is 0 Å². The Morgan fingerprint density at radius 1 is 1.27 bits per heavy atom. The van der Waals surface area contributed by atoms with Crippen molar-refractivity contribution in [3.8, 4) is 6.07 Å². The molecular formula is C13H23NO. The summed E-state index contributed by atoms with van der Waals surface area (Å²) in [6.07, 6.45) is 11.9. The quantitative estimate of drug-likeness (QED) is 0.466. The number of nitrogens with zero attached hydrogens (tertiary/aromatic N) is 1. The van der Waals surface area contributed by atoms with Crippen LogP contribution in [0.4, 0.5) is 0 Å². The molecule has 0 aliphatic rings. The van der Waals surface area contributed by atoms with Gasteiger partial charge in [0.15, 0.2) is 0 Å². The van der Waals surface area contributed by atoms with E-state index >= 15 is 0 Å². The average Bonchev–Trinajstić information content (AvgIpc) is 2.25. The van der Waals surface area contributed by atoms with Gasteiger partial charge < -0.3 is 5.11 Å². The second-order valence-electron chi connectivity index (χ2n) is 3.90. The molecule has 0 amide bonds. The summed E-state index contributed by atoms with van der Waals surface area (Å²) in [5.74, 6) is 0. The minimum atomic E-state index is -0.430. The molecule has 0 aromatic rings. The van der Waals surface area contributed by atoms with Gasteiger partial charge in [-0.2, -0.15) is 5.26 Å². The molecule has 1 unspecified atom stereocenters. The zero-order valence-corrected chi connectivity index (χ0v) is 9.78. The normalized spacial score (nSPS) is 12.9. The first-order chi connectivity index (χ1) is 7.31. The summed E-state index contributed by atoms with van der Waals surface area (Å²) in [5, 5.41) is 17.7. The molecule has 0 saturated heterocycles. The Bertz CT molecular complexity index is 193. The molecule has 0 rings (SSSR count). The first kappa shape index (κ1) is 14.2. The monoisotopic (exact) mass is 209 g/mol. The molecule has 0 fully saturated rings. The van der Waals surface area contributed by atoms with E-state index in [2.05, 4.69) is 6.92 Å². The lowest BCUT2D eigenvalue weighted by Crippen LogP contribution is -2.00. The van der Waals surface area contributed by atoms with E-state index in [4.69, 9.17) is 5.26 Å². The van der Waals surface area contributed by atoms with Gasteiger partial charge in [0, 0.05) is 6.42 Å². The van der Waals surface area contributed by atoms with Gasteiger partial charge in [0.05, 0.1) is 12.2 Å². The molecule has 86 valence electrons. The average molecular weight is 209 g/mol. The fraction of sp³-hybridized carbons (Fsp3) is 0.769. The van der Waals surface area contributed by atoms with Crippen LogP contribution in [0.2, 0.25) is 0 Å². The largest absolute Gasteiger partial charge is 0.389 e. The Balaban J connectivity index is 3.26. The van der Waals surface area contributed by atoms with E-state index in [0.717, 1.165) is 6.42 Å². The molecule has 0 saturated carbocycles. The van der Waals surface area contributed by atoms with Crippen LogP contribution in [-0.4, -0.2) is 11.2 Å². The predicted octanol–water partition coefficient (Wildman–Crippen LogP) is 3.57. The number of rotatable bonds is 9. The Labute approximate surface area is 93.6 Å². The van der Waals surface area contributed by atoms with E-state index < -0.39 is 6.10 Å². The number of hydrogen-bond acceptors (Lipinski definition) is 2. The number of hydrogen-bond donors (Lipinski definition) is 1. The van der Waals surface area contributed by atoms with Crippen molar-refractivity contribution in [1.82, 2.24) is 0 Å². The summed E-state index contributed by atoms with van der Waals surface area (Å²) >= 11 is 0. The summed E-state index contributed by atoms with van der Waals surface area (Å²) < 4.78 is 0. The van der Waals surface area contributed by atoms with Crippen molar-refractivity contribution >= 4 is 0 Å². The standard InChI is InChI=1S/C13H23NO/c1-2-3-4-5-6-7-8-10-13(15)11-9-12-14/h8,10,13,15H,2-7,9,11H2,1H3. The highest BCUT2D eigenvalue weighted by Gasteiger charge is 1.96. The van der Waals surface area contributed by atoms with Gasteiger partial charge in [0.2, 0.25) is 0 Å². The molecule has 1 atom stereocenters. The van der Waals surface area contributed by atoms with Crippen molar-refractivity contribution in [1.29, 1.82) is 5.26 Å². The molecule has 0 bridgehead atoms. The summed E-state index contributed by atoms with van der Waals surface area (Å²) in [6, 6.07) is 2.03. The summed E-state index contributed by atoms with van der Waals surface area (Å²) in [6.45, 7) is 2.21. The lowest BCUT2D eigenvalue weighted by Gasteiger charge is -2.00. The molecule has 0 heterocycles. The molecule has 0 aliphatic carbocycles. The highest BCUT2D eigenvalue weighted by molar-refractivity contribution is 4.89. The smallest absolute Gasteiger partial charge is 0.0730 e. The van der Waals surface area contributed by atoms with Crippen molar-refractivity contribution in [3.05, 3.63) is 12.2 Å². The Kier molecular flexibility index (Phi) is 10.7. The van der Waals surface area contributed by atoms with Crippen LogP contribution in [0.1, 0.15) is 58.3 Å². The number of nitriles is 1. The maximum Gasteiger partial charge on any atom is 0.0730 e. The fourth-order valence-corrected chi connectivity index (χ4v) is 1.43. The maximum atomic E-state index is 9.38. The van der Waals surface area contributed by atoms with Gasteiger partial charge in [-0.3, -0.25) is 0 Å². The van der Waals surface area contributed by atoms with Crippen LogP contribution >= 0.6 is 0 Å². The number of aliphatic hydroxyl groups excluding tert-OH is 1. The predicted molar refractivity (Wildman–Crippen MR) is 63.4 cm³/mol. The maximum absolute atomic E-state index is 9.38. The molecule has 0 spiro atoms. The van der Waals surface area contributed by atoms with Gasteiger partial charge in [-0.25, -0.2) is 0 Å². The van der Waals surface area contributed by atoms with Gasteiger partial charge >= 0.3 is 0 Å². The third-order valence-corrected chi connectivity index (χ3v) is 2.38. The highest BCUT2D eigenvalue weighted by Crippen LogP contribution is 2.06. The molecule has 0 radical (unpaired) electrons. The van der Waals surface area contributed by atoms with E-state index in [9.17, 15) is 5.11 Å². The zero-order chi connectivity index (χ0) is 11.4. The van der Waals surface area contributed by atoms with Crippen LogP contribution in [0, 0.1) is 11.3 Å². The number of allylic oxidation sites excluding steroid dienone is 1. The van der Waals surface area contributed by atoms with Crippen molar-refractivity contribution in [2.75, 3.05) is 0 Å².